The predicted octanol–water partition coefficient (Wildman–Crippen LogP) is 3.85. The number of esters is 2. The van der Waals surface area contributed by atoms with Crippen molar-refractivity contribution in [3.8, 4) is 0 Å². The normalized spacial score (nSPS) is 10.5. The Morgan fingerprint density at radius 1 is 0.952 bits per heavy atom. The maximum absolute atomic E-state index is 11.8. The molecule has 0 heterocycles. The number of rotatable bonds is 8. The van der Waals surface area contributed by atoms with Crippen molar-refractivity contribution in [2.45, 2.75) is 40.0 Å². The number of unbranched alkanes of at least 4 members (excludes halogenated alkanes) is 2. The Morgan fingerprint density at radius 3 is 1.95 bits per heavy atom. The number of hydrogen-bond donors (Lipinski definition) is 0. The Hall–Kier alpha value is -1.84. The molecule has 0 radical (unpaired) electrons. The number of benzene rings is 1. The Balaban J connectivity index is 2.49. The van der Waals surface area contributed by atoms with Gasteiger partial charge >= 0.3 is 11.9 Å². The van der Waals surface area contributed by atoms with Crippen molar-refractivity contribution in [1.29, 1.82) is 0 Å². The van der Waals surface area contributed by atoms with Gasteiger partial charge in [-0.1, -0.05) is 33.6 Å². The third kappa shape index (κ3) is 6.43. The van der Waals surface area contributed by atoms with E-state index >= 15 is 0 Å². The van der Waals surface area contributed by atoms with Crippen LogP contribution in [0.4, 0.5) is 0 Å². The highest BCUT2D eigenvalue weighted by atomic mass is 16.5. The van der Waals surface area contributed by atoms with E-state index in [9.17, 15) is 9.59 Å². The van der Waals surface area contributed by atoms with Crippen LogP contribution in [0.1, 0.15) is 60.7 Å². The fourth-order valence-electron chi connectivity index (χ4n) is 1.67. The molecule has 4 nitrogen and oxygen atoms in total. The molecule has 0 N–H and O–H groups in total. The molecule has 0 fully saturated rings. The summed E-state index contributed by atoms with van der Waals surface area (Å²) in [6.45, 7) is 6.87. The molecule has 0 saturated heterocycles. The van der Waals surface area contributed by atoms with E-state index in [2.05, 4.69) is 6.92 Å². The summed E-state index contributed by atoms with van der Waals surface area (Å²) < 4.78 is 10.3. The topological polar surface area (TPSA) is 52.6 Å². The van der Waals surface area contributed by atoms with Gasteiger partial charge in [0, 0.05) is 0 Å². The SMILES string of the molecule is CCCCCOC(=O)c1ccc(C(=O)OCC(C)C)cc1. The smallest absolute Gasteiger partial charge is 0.338 e. The van der Waals surface area contributed by atoms with Gasteiger partial charge in [-0.05, 0) is 36.6 Å². The number of carbonyl (C=O) groups excluding carboxylic acids is 2. The molecule has 21 heavy (non-hydrogen) atoms. The molecule has 0 amide bonds. The standard InChI is InChI=1S/C17H24O4/c1-4-5-6-11-20-16(18)14-7-9-15(10-8-14)17(19)21-12-13(2)3/h7-10,13H,4-6,11-12H2,1-3H3. The summed E-state index contributed by atoms with van der Waals surface area (Å²) in [6, 6.07) is 6.36. The molecule has 0 spiro atoms. The molecule has 0 atom stereocenters. The van der Waals surface area contributed by atoms with Crippen LogP contribution < -0.4 is 0 Å². The molecule has 4 heteroatoms. The maximum Gasteiger partial charge on any atom is 0.338 e. The van der Waals surface area contributed by atoms with E-state index in [0.29, 0.717) is 30.3 Å². The third-order valence-corrected chi connectivity index (χ3v) is 2.89. The van der Waals surface area contributed by atoms with Crippen LogP contribution in [0.25, 0.3) is 0 Å². The van der Waals surface area contributed by atoms with Gasteiger partial charge in [0.25, 0.3) is 0 Å². The Morgan fingerprint density at radius 2 is 1.48 bits per heavy atom. The Bertz CT molecular complexity index is 448. The zero-order valence-electron chi connectivity index (χ0n) is 13.1. The summed E-state index contributed by atoms with van der Waals surface area (Å²) in [5, 5.41) is 0. The fourth-order valence-corrected chi connectivity index (χ4v) is 1.67. The quantitative estimate of drug-likeness (QED) is 0.539. The second-order valence-electron chi connectivity index (χ2n) is 5.41. The van der Waals surface area contributed by atoms with Crippen molar-refractivity contribution in [1.82, 2.24) is 0 Å². The summed E-state index contributed by atoms with van der Waals surface area (Å²) in [6.07, 6.45) is 3.01. The molecule has 0 aromatic heterocycles. The Kier molecular flexibility index (Phi) is 7.51. The molecule has 0 bridgehead atoms. The van der Waals surface area contributed by atoms with Gasteiger partial charge < -0.3 is 9.47 Å². The van der Waals surface area contributed by atoms with Gasteiger partial charge in [0.2, 0.25) is 0 Å². The van der Waals surface area contributed by atoms with Gasteiger partial charge in [0.05, 0.1) is 24.3 Å². The molecule has 1 rings (SSSR count). The largest absolute Gasteiger partial charge is 0.462 e. The predicted molar refractivity (Wildman–Crippen MR) is 81.4 cm³/mol. The van der Waals surface area contributed by atoms with Gasteiger partial charge in [-0.15, -0.1) is 0 Å². The minimum atomic E-state index is -0.369. The zero-order chi connectivity index (χ0) is 15.7. The van der Waals surface area contributed by atoms with E-state index in [1.54, 1.807) is 24.3 Å². The minimum Gasteiger partial charge on any atom is -0.462 e. The number of ether oxygens (including phenoxy) is 2. The molecule has 0 aliphatic heterocycles. The van der Waals surface area contributed by atoms with Crippen molar-refractivity contribution in [3.05, 3.63) is 35.4 Å². The molecular weight excluding hydrogens is 268 g/mol. The molecular formula is C17H24O4. The molecule has 0 unspecified atom stereocenters. The first-order chi connectivity index (χ1) is 10.0. The van der Waals surface area contributed by atoms with E-state index in [1.807, 2.05) is 13.8 Å². The summed E-state index contributed by atoms with van der Waals surface area (Å²) in [7, 11) is 0. The monoisotopic (exact) mass is 292 g/mol. The first-order valence-electron chi connectivity index (χ1n) is 7.49. The average Bonchev–Trinajstić information content (AvgIpc) is 2.49. The second kappa shape index (κ2) is 9.16. The second-order valence-corrected chi connectivity index (χ2v) is 5.41. The van der Waals surface area contributed by atoms with Crippen molar-refractivity contribution in [2.24, 2.45) is 5.92 Å². The van der Waals surface area contributed by atoms with Crippen LogP contribution in [0.15, 0.2) is 24.3 Å². The molecule has 0 aliphatic rings. The Labute approximate surface area is 126 Å². The number of carbonyl (C=O) groups is 2. The first kappa shape index (κ1) is 17.2. The number of hydrogen-bond acceptors (Lipinski definition) is 4. The lowest BCUT2D eigenvalue weighted by Crippen LogP contribution is -2.11. The van der Waals surface area contributed by atoms with Gasteiger partial charge in [0.1, 0.15) is 0 Å². The zero-order valence-corrected chi connectivity index (χ0v) is 13.1. The highest BCUT2D eigenvalue weighted by molar-refractivity contribution is 5.93. The van der Waals surface area contributed by atoms with Gasteiger partial charge in [-0.2, -0.15) is 0 Å². The first-order valence-corrected chi connectivity index (χ1v) is 7.49. The lowest BCUT2D eigenvalue weighted by molar-refractivity contribution is 0.0454. The molecule has 0 aliphatic carbocycles. The highest BCUT2D eigenvalue weighted by Crippen LogP contribution is 2.09. The van der Waals surface area contributed by atoms with E-state index < -0.39 is 0 Å². The maximum atomic E-state index is 11.8. The molecule has 116 valence electrons. The van der Waals surface area contributed by atoms with Crippen molar-refractivity contribution in [2.75, 3.05) is 13.2 Å². The van der Waals surface area contributed by atoms with Crippen LogP contribution in [0.2, 0.25) is 0 Å². The van der Waals surface area contributed by atoms with E-state index in [0.717, 1.165) is 19.3 Å². The van der Waals surface area contributed by atoms with Gasteiger partial charge in [-0.25, -0.2) is 9.59 Å². The van der Waals surface area contributed by atoms with Crippen molar-refractivity contribution in [3.63, 3.8) is 0 Å². The van der Waals surface area contributed by atoms with Gasteiger partial charge in [0.15, 0.2) is 0 Å². The van der Waals surface area contributed by atoms with Crippen LogP contribution in [0.3, 0.4) is 0 Å². The third-order valence-electron chi connectivity index (χ3n) is 2.89. The van der Waals surface area contributed by atoms with E-state index in [4.69, 9.17) is 9.47 Å². The molecule has 0 saturated carbocycles. The minimum absolute atomic E-state index is 0.298. The average molecular weight is 292 g/mol. The molecule has 1 aromatic rings. The van der Waals surface area contributed by atoms with Crippen molar-refractivity contribution < 1.29 is 19.1 Å². The summed E-state index contributed by atoms with van der Waals surface area (Å²) >= 11 is 0. The fraction of sp³-hybridized carbons (Fsp3) is 0.529. The lowest BCUT2D eigenvalue weighted by atomic mass is 10.1. The van der Waals surface area contributed by atoms with E-state index in [-0.39, 0.29) is 11.9 Å². The van der Waals surface area contributed by atoms with E-state index in [1.165, 1.54) is 0 Å². The van der Waals surface area contributed by atoms with Crippen LogP contribution in [0, 0.1) is 5.92 Å². The van der Waals surface area contributed by atoms with Crippen LogP contribution in [-0.2, 0) is 9.47 Å². The molecule has 1 aromatic carbocycles. The lowest BCUT2D eigenvalue weighted by Gasteiger charge is -2.08. The van der Waals surface area contributed by atoms with Crippen LogP contribution in [-0.4, -0.2) is 25.2 Å². The van der Waals surface area contributed by atoms with Crippen LogP contribution in [0.5, 0.6) is 0 Å². The highest BCUT2D eigenvalue weighted by Gasteiger charge is 2.11. The summed E-state index contributed by atoms with van der Waals surface area (Å²) in [4.78, 5) is 23.5. The van der Waals surface area contributed by atoms with Crippen molar-refractivity contribution >= 4 is 11.9 Å². The summed E-state index contributed by atoms with van der Waals surface area (Å²) in [5.74, 6) is -0.425. The van der Waals surface area contributed by atoms with Crippen LogP contribution >= 0.6 is 0 Å². The van der Waals surface area contributed by atoms with Gasteiger partial charge in [-0.3, -0.25) is 0 Å². The summed E-state index contributed by atoms with van der Waals surface area (Å²) in [5.41, 5.74) is 0.894.